The molecule has 0 saturated carbocycles. The van der Waals surface area contributed by atoms with Crippen LogP contribution < -0.4 is 0 Å². The van der Waals surface area contributed by atoms with E-state index in [0.29, 0.717) is 6.61 Å². The Morgan fingerprint density at radius 2 is 1.27 bits per heavy atom. The smallest absolute Gasteiger partial charge is 0.192 e. The van der Waals surface area contributed by atoms with Crippen molar-refractivity contribution in [3.63, 3.8) is 0 Å². The van der Waals surface area contributed by atoms with Crippen LogP contribution in [0.4, 0.5) is 0 Å². The molecule has 2 N–H and O–H groups in total. The van der Waals surface area contributed by atoms with E-state index < -0.39 is 22.7 Å². The highest BCUT2D eigenvalue weighted by atomic mass is 28.4. The van der Waals surface area contributed by atoms with Crippen LogP contribution in [0.2, 0.25) is 36.3 Å². The van der Waals surface area contributed by atoms with Crippen LogP contribution in [0.5, 0.6) is 0 Å². The van der Waals surface area contributed by atoms with Gasteiger partial charge in [-0.2, -0.15) is 0 Å². The largest absolute Gasteiger partial charge is 0.414 e. The third-order valence-electron chi connectivity index (χ3n) is 6.66. The average molecular weight is 407 g/mol. The SMILES string of the molecule is C[C@H]([C@@H](O)[C@@H](C)CO)[C@@H](CO[Si](C)(C)C(C)(C)C)O[Si](C)(C)C(C)(C)C. The van der Waals surface area contributed by atoms with Crippen molar-refractivity contribution in [2.75, 3.05) is 13.2 Å². The molecule has 4 atom stereocenters. The van der Waals surface area contributed by atoms with Gasteiger partial charge >= 0.3 is 0 Å². The van der Waals surface area contributed by atoms with Gasteiger partial charge in [0.25, 0.3) is 0 Å². The first-order valence-electron chi connectivity index (χ1n) is 9.98. The second-order valence-electron chi connectivity index (χ2n) is 11.0. The molecule has 0 aliphatic carbocycles. The van der Waals surface area contributed by atoms with Crippen molar-refractivity contribution < 1.29 is 19.1 Å². The maximum Gasteiger partial charge on any atom is 0.192 e. The Balaban J connectivity index is 5.49. The highest BCUT2D eigenvalue weighted by molar-refractivity contribution is 6.74. The Morgan fingerprint density at radius 3 is 1.62 bits per heavy atom. The van der Waals surface area contributed by atoms with Gasteiger partial charge in [-0.3, -0.25) is 0 Å². The van der Waals surface area contributed by atoms with Crippen LogP contribution in [0, 0.1) is 11.8 Å². The molecule has 0 radical (unpaired) electrons. The number of aliphatic hydroxyl groups excluding tert-OH is 2. The lowest BCUT2D eigenvalue weighted by Crippen LogP contribution is -2.51. The summed E-state index contributed by atoms with van der Waals surface area (Å²) in [6, 6.07) is 0. The minimum atomic E-state index is -2.00. The van der Waals surface area contributed by atoms with Crippen LogP contribution in [0.15, 0.2) is 0 Å². The summed E-state index contributed by atoms with van der Waals surface area (Å²) in [5, 5.41) is 20.4. The predicted molar refractivity (Wildman–Crippen MR) is 117 cm³/mol. The lowest BCUT2D eigenvalue weighted by molar-refractivity contribution is -0.0305. The molecule has 0 aliphatic rings. The summed E-state index contributed by atoms with van der Waals surface area (Å²) >= 11 is 0. The molecule has 0 bridgehead atoms. The van der Waals surface area contributed by atoms with Crippen LogP contribution in [0.25, 0.3) is 0 Å². The Morgan fingerprint density at radius 1 is 0.846 bits per heavy atom. The Kier molecular flexibility index (Phi) is 9.28. The summed E-state index contributed by atoms with van der Waals surface area (Å²) in [5.74, 6) is -0.278. The Labute approximate surface area is 164 Å². The molecule has 26 heavy (non-hydrogen) atoms. The van der Waals surface area contributed by atoms with Crippen LogP contribution in [-0.2, 0) is 8.85 Å². The summed E-state index contributed by atoms with van der Waals surface area (Å²) in [5.41, 5.74) is 0. The molecular formula is C20H46O4Si2. The number of rotatable bonds is 9. The number of hydrogen-bond donors (Lipinski definition) is 2. The van der Waals surface area contributed by atoms with Crippen LogP contribution in [0.3, 0.4) is 0 Å². The highest BCUT2D eigenvalue weighted by Crippen LogP contribution is 2.40. The fourth-order valence-electron chi connectivity index (χ4n) is 2.20. The summed E-state index contributed by atoms with van der Waals surface area (Å²) in [6.45, 7) is 26.7. The predicted octanol–water partition coefficient (Wildman–Crippen LogP) is 5.02. The van der Waals surface area contributed by atoms with E-state index in [-0.39, 0.29) is 34.6 Å². The molecule has 0 aliphatic heterocycles. The minimum Gasteiger partial charge on any atom is -0.414 e. The van der Waals surface area contributed by atoms with Gasteiger partial charge in [0.15, 0.2) is 16.6 Å². The van der Waals surface area contributed by atoms with Gasteiger partial charge in [-0.05, 0) is 36.3 Å². The molecule has 0 aromatic heterocycles. The molecule has 4 nitrogen and oxygen atoms in total. The zero-order valence-electron chi connectivity index (χ0n) is 19.4. The van der Waals surface area contributed by atoms with Crippen LogP contribution >= 0.6 is 0 Å². The first-order chi connectivity index (χ1) is 11.4. The Bertz CT molecular complexity index is 425. The van der Waals surface area contributed by atoms with Gasteiger partial charge in [0, 0.05) is 18.4 Å². The first kappa shape index (κ1) is 26.3. The van der Waals surface area contributed by atoms with E-state index in [0.717, 1.165) is 0 Å². The van der Waals surface area contributed by atoms with E-state index in [9.17, 15) is 10.2 Å². The van der Waals surface area contributed by atoms with E-state index in [1.807, 2.05) is 13.8 Å². The summed E-state index contributed by atoms with van der Waals surface area (Å²) in [7, 11) is -3.90. The molecule has 158 valence electrons. The molecular weight excluding hydrogens is 360 g/mol. The van der Waals surface area contributed by atoms with E-state index in [1.54, 1.807) is 0 Å². The van der Waals surface area contributed by atoms with E-state index in [1.165, 1.54) is 0 Å². The Hall–Kier alpha value is 0.274. The highest BCUT2D eigenvalue weighted by Gasteiger charge is 2.43. The number of hydrogen-bond acceptors (Lipinski definition) is 4. The van der Waals surface area contributed by atoms with Crippen LogP contribution in [0.1, 0.15) is 55.4 Å². The van der Waals surface area contributed by atoms with E-state index >= 15 is 0 Å². The molecule has 0 fully saturated rings. The second kappa shape index (κ2) is 9.18. The molecule has 0 unspecified atom stereocenters. The van der Waals surface area contributed by atoms with Gasteiger partial charge in [-0.25, -0.2) is 0 Å². The zero-order valence-corrected chi connectivity index (χ0v) is 21.4. The monoisotopic (exact) mass is 406 g/mol. The van der Waals surface area contributed by atoms with Crippen molar-refractivity contribution in [1.29, 1.82) is 0 Å². The zero-order chi connectivity index (χ0) is 21.1. The average Bonchev–Trinajstić information content (AvgIpc) is 2.46. The summed E-state index contributed by atoms with van der Waals surface area (Å²) in [4.78, 5) is 0. The van der Waals surface area contributed by atoms with Gasteiger partial charge in [0.1, 0.15) is 0 Å². The van der Waals surface area contributed by atoms with Crippen LogP contribution in [-0.4, -0.2) is 52.3 Å². The van der Waals surface area contributed by atoms with Gasteiger partial charge in [0.2, 0.25) is 0 Å². The fourth-order valence-corrected chi connectivity index (χ4v) is 4.61. The fraction of sp³-hybridized carbons (Fsp3) is 1.00. The first-order valence-corrected chi connectivity index (χ1v) is 15.8. The van der Waals surface area contributed by atoms with Gasteiger partial charge in [-0.15, -0.1) is 0 Å². The standard InChI is InChI=1S/C20H46O4Si2/c1-15(13-21)18(22)16(2)17(24-26(11,12)20(6,7)8)14-23-25(9,10)19(3,4)5/h15-18,21-22H,13-14H2,1-12H3/t15-,16-,17+,18-/m0/s1. The third-order valence-corrected chi connectivity index (χ3v) is 15.7. The quantitative estimate of drug-likeness (QED) is 0.528. The van der Waals surface area contributed by atoms with Crippen molar-refractivity contribution in [2.24, 2.45) is 11.8 Å². The molecule has 0 amide bonds. The van der Waals surface area contributed by atoms with Crippen molar-refractivity contribution in [3.05, 3.63) is 0 Å². The van der Waals surface area contributed by atoms with Gasteiger partial charge < -0.3 is 19.1 Å². The van der Waals surface area contributed by atoms with Crippen molar-refractivity contribution in [3.8, 4) is 0 Å². The van der Waals surface area contributed by atoms with Crippen molar-refractivity contribution in [2.45, 2.75) is 104 Å². The lowest BCUT2D eigenvalue weighted by Gasteiger charge is -2.44. The third kappa shape index (κ3) is 7.02. The molecule has 0 aromatic rings. The molecule has 6 heteroatoms. The second-order valence-corrected chi connectivity index (χ2v) is 20.6. The molecule has 0 spiro atoms. The van der Waals surface area contributed by atoms with Crippen molar-refractivity contribution >= 4 is 16.6 Å². The topological polar surface area (TPSA) is 58.9 Å². The molecule has 0 heterocycles. The molecule has 0 aromatic carbocycles. The lowest BCUT2D eigenvalue weighted by atomic mass is 9.90. The molecule has 0 saturated heterocycles. The number of aliphatic hydroxyl groups is 2. The van der Waals surface area contributed by atoms with Gasteiger partial charge in [-0.1, -0.05) is 55.4 Å². The summed E-state index contributed by atoms with van der Waals surface area (Å²) in [6.07, 6.45) is -0.785. The molecule has 0 rings (SSSR count). The maximum atomic E-state index is 10.7. The van der Waals surface area contributed by atoms with E-state index in [2.05, 4.69) is 67.7 Å². The van der Waals surface area contributed by atoms with Crippen molar-refractivity contribution in [1.82, 2.24) is 0 Å². The maximum absolute atomic E-state index is 10.7. The minimum absolute atomic E-state index is 0.0264. The van der Waals surface area contributed by atoms with E-state index in [4.69, 9.17) is 8.85 Å². The summed E-state index contributed by atoms with van der Waals surface area (Å²) < 4.78 is 13.1. The normalized spacial score (nSPS) is 19.2. The van der Waals surface area contributed by atoms with Gasteiger partial charge in [0.05, 0.1) is 18.8 Å².